The summed E-state index contributed by atoms with van der Waals surface area (Å²) in [5.74, 6) is -2.75. The molecule has 0 radical (unpaired) electrons. The van der Waals surface area contributed by atoms with E-state index in [4.69, 9.17) is 5.11 Å². The summed E-state index contributed by atoms with van der Waals surface area (Å²) in [5, 5.41) is 12.1. The number of hydrogen-bond donors (Lipinski definition) is 2. The lowest BCUT2D eigenvalue weighted by molar-refractivity contribution is 0.0696. The molecule has 0 aliphatic carbocycles. The highest BCUT2D eigenvalue weighted by Gasteiger charge is 2.39. The number of carboxylic acids is 1. The van der Waals surface area contributed by atoms with Gasteiger partial charge in [0, 0.05) is 43.0 Å². The highest BCUT2D eigenvalue weighted by molar-refractivity contribution is 5.95. The maximum Gasteiger partial charge on any atom is 0.335 e. The van der Waals surface area contributed by atoms with Crippen LogP contribution in [0.2, 0.25) is 0 Å². The second-order valence-electron chi connectivity index (χ2n) is 6.61. The highest BCUT2D eigenvalue weighted by atomic mass is 19.1. The van der Waals surface area contributed by atoms with Crippen molar-refractivity contribution >= 4 is 17.7 Å². The van der Waals surface area contributed by atoms with E-state index in [1.807, 2.05) is 0 Å². The smallest absolute Gasteiger partial charge is 0.335 e. The maximum atomic E-state index is 14.7. The third-order valence-electron chi connectivity index (χ3n) is 4.99. The number of carbonyl (C=O) groups excluding carboxylic acids is 1. The molecule has 2 fully saturated rings. The molecule has 2 aliphatic heterocycles. The van der Waals surface area contributed by atoms with Crippen LogP contribution in [-0.2, 0) is 0 Å². The number of carboxylic acid groups (broad SMARTS) is 1. The number of nitrogens with zero attached hydrogens (tertiary/aromatic N) is 2. The van der Waals surface area contributed by atoms with Crippen LogP contribution in [0.25, 0.3) is 11.1 Å². The van der Waals surface area contributed by atoms with Crippen LogP contribution in [0.15, 0.2) is 36.4 Å². The van der Waals surface area contributed by atoms with Crippen molar-refractivity contribution in [1.29, 1.82) is 0 Å². The summed E-state index contributed by atoms with van der Waals surface area (Å²) < 4.78 is 28.9. The number of halogens is 2. The first kappa shape index (κ1) is 17.4. The second-order valence-corrected chi connectivity index (χ2v) is 6.61. The molecule has 0 saturated carbocycles. The van der Waals surface area contributed by atoms with E-state index < -0.39 is 17.6 Å². The predicted molar refractivity (Wildman–Crippen MR) is 94.9 cm³/mol. The van der Waals surface area contributed by atoms with Gasteiger partial charge in [0.2, 0.25) is 0 Å². The summed E-state index contributed by atoms with van der Waals surface area (Å²) in [7, 11) is 0. The number of rotatable bonds is 3. The number of benzene rings is 2. The van der Waals surface area contributed by atoms with Gasteiger partial charge in [-0.3, -0.25) is 4.90 Å². The standard InChI is InChI=1S/C19H17F2N3O3/c20-16-7-11(18(25)26)1-3-14(16)15-4-2-12(8-17(15)21)24-10-13-9-22-5-6-23(13)19(24)27/h1-4,7-8,13,22H,5-6,9-10H2,(H,25,26)/t13-/m0/s1. The lowest BCUT2D eigenvalue weighted by atomic mass is 10.0. The highest BCUT2D eigenvalue weighted by Crippen LogP contribution is 2.31. The number of fused-ring (bicyclic) bond motifs is 1. The summed E-state index contributed by atoms with van der Waals surface area (Å²) in [4.78, 5) is 26.8. The van der Waals surface area contributed by atoms with Crippen molar-refractivity contribution < 1.29 is 23.5 Å². The molecule has 140 valence electrons. The predicted octanol–water partition coefficient (Wildman–Crippen LogP) is 2.54. The molecule has 2 aromatic rings. The Morgan fingerprint density at radius 1 is 1.11 bits per heavy atom. The van der Waals surface area contributed by atoms with Gasteiger partial charge in [0.05, 0.1) is 11.6 Å². The SMILES string of the molecule is O=C(O)c1ccc(-c2ccc(N3C[C@@H]4CNCCN4C3=O)cc2F)c(F)c1. The fraction of sp³-hybridized carbons (Fsp3) is 0.263. The van der Waals surface area contributed by atoms with Gasteiger partial charge >= 0.3 is 12.0 Å². The van der Waals surface area contributed by atoms with Crippen molar-refractivity contribution in [2.24, 2.45) is 0 Å². The average Bonchev–Trinajstić information content (AvgIpc) is 2.99. The molecule has 0 spiro atoms. The molecular formula is C19H17F2N3O3. The molecule has 4 rings (SSSR count). The summed E-state index contributed by atoms with van der Waals surface area (Å²) >= 11 is 0. The van der Waals surface area contributed by atoms with Crippen LogP contribution in [0.3, 0.4) is 0 Å². The summed E-state index contributed by atoms with van der Waals surface area (Å²) in [6.45, 7) is 2.51. The molecule has 8 heteroatoms. The van der Waals surface area contributed by atoms with Crippen LogP contribution in [0, 0.1) is 11.6 Å². The number of anilines is 1. The van der Waals surface area contributed by atoms with E-state index in [-0.39, 0.29) is 28.8 Å². The second kappa shape index (κ2) is 6.62. The van der Waals surface area contributed by atoms with E-state index in [1.165, 1.54) is 29.2 Å². The molecular weight excluding hydrogens is 356 g/mol. The zero-order valence-corrected chi connectivity index (χ0v) is 14.3. The Balaban J connectivity index is 1.64. The van der Waals surface area contributed by atoms with E-state index in [1.54, 1.807) is 11.0 Å². The van der Waals surface area contributed by atoms with E-state index in [2.05, 4.69) is 5.32 Å². The topological polar surface area (TPSA) is 72.9 Å². The zero-order valence-electron chi connectivity index (χ0n) is 14.3. The van der Waals surface area contributed by atoms with Crippen molar-refractivity contribution in [2.75, 3.05) is 31.1 Å². The number of aromatic carboxylic acids is 1. The quantitative estimate of drug-likeness (QED) is 0.867. The van der Waals surface area contributed by atoms with E-state index in [0.717, 1.165) is 12.6 Å². The van der Waals surface area contributed by atoms with Gasteiger partial charge in [0.25, 0.3) is 0 Å². The van der Waals surface area contributed by atoms with Crippen molar-refractivity contribution in [2.45, 2.75) is 6.04 Å². The van der Waals surface area contributed by atoms with Crippen molar-refractivity contribution in [1.82, 2.24) is 10.2 Å². The molecule has 2 N–H and O–H groups in total. The van der Waals surface area contributed by atoms with E-state index >= 15 is 0 Å². The Bertz CT molecular complexity index is 934. The molecule has 2 heterocycles. The minimum absolute atomic E-state index is 0.0132. The third kappa shape index (κ3) is 3.02. The summed E-state index contributed by atoms with van der Waals surface area (Å²) in [6.07, 6.45) is 0. The molecule has 0 bridgehead atoms. The van der Waals surface area contributed by atoms with Crippen molar-refractivity contribution in [3.63, 3.8) is 0 Å². The molecule has 0 aromatic heterocycles. The monoisotopic (exact) mass is 373 g/mol. The first-order chi connectivity index (χ1) is 13.0. The van der Waals surface area contributed by atoms with Gasteiger partial charge < -0.3 is 15.3 Å². The van der Waals surface area contributed by atoms with E-state index in [0.29, 0.717) is 25.3 Å². The van der Waals surface area contributed by atoms with Gasteiger partial charge in [-0.1, -0.05) is 6.07 Å². The number of amides is 2. The Labute approximate surface area is 154 Å². The van der Waals surface area contributed by atoms with Gasteiger partial charge in [-0.15, -0.1) is 0 Å². The number of carbonyl (C=O) groups is 2. The lowest BCUT2D eigenvalue weighted by Crippen LogP contribution is -2.49. The van der Waals surface area contributed by atoms with Crippen LogP contribution in [0.5, 0.6) is 0 Å². The Morgan fingerprint density at radius 3 is 2.44 bits per heavy atom. The molecule has 2 aliphatic rings. The van der Waals surface area contributed by atoms with E-state index in [9.17, 15) is 18.4 Å². The van der Waals surface area contributed by atoms with Gasteiger partial charge in [-0.25, -0.2) is 18.4 Å². The lowest BCUT2D eigenvalue weighted by Gasteiger charge is -2.28. The minimum Gasteiger partial charge on any atom is -0.478 e. The van der Waals surface area contributed by atoms with Gasteiger partial charge in [0.1, 0.15) is 11.6 Å². The fourth-order valence-electron chi connectivity index (χ4n) is 3.59. The normalized spacial score (nSPS) is 19.3. The molecule has 2 saturated heterocycles. The maximum absolute atomic E-state index is 14.7. The van der Waals surface area contributed by atoms with Crippen LogP contribution in [0.1, 0.15) is 10.4 Å². The van der Waals surface area contributed by atoms with Crippen LogP contribution in [0.4, 0.5) is 19.3 Å². The molecule has 2 amide bonds. The molecule has 27 heavy (non-hydrogen) atoms. The van der Waals surface area contributed by atoms with Crippen LogP contribution in [-0.4, -0.2) is 54.2 Å². The molecule has 2 aromatic carbocycles. The Hall–Kier alpha value is -3.00. The fourth-order valence-corrected chi connectivity index (χ4v) is 3.59. The summed E-state index contributed by atoms with van der Waals surface area (Å²) in [5.41, 5.74) is 0.192. The van der Waals surface area contributed by atoms with Crippen LogP contribution < -0.4 is 10.2 Å². The Kier molecular flexibility index (Phi) is 4.27. The van der Waals surface area contributed by atoms with Crippen molar-refractivity contribution in [3.05, 3.63) is 53.6 Å². The molecule has 1 atom stereocenters. The number of urea groups is 1. The van der Waals surface area contributed by atoms with Gasteiger partial charge in [0.15, 0.2) is 0 Å². The van der Waals surface area contributed by atoms with Crippen LogP contribution >= 0.6 is 0 Å². The molecule has 6 nitrogen and oxygen atoms in total. The number of nitrogens with one attached hydrogen (secondary N) is 1. The average molecular weight is 373 g/mol. The molecule has 0 unspecified atom stereocenters. The first-order valence-electron chi connectivity index (χ1n) is 8.57. The largest absolute Gasteiger partial charge is 0.478 e. The minimum atomic E-state index is -1.25. The third-order valence-corrected chi connectivity index (χ3v) is 4.99. The first-order valence-corrected chi connectivity index (χ1v) is 8.57. The summed E-state index contributed by atoms with van der Waals surface area (Å²) in [6, 6.07) is 7.41. The van der Waals surface area contributed by atoms with Crippen molar-refractivity contribution in [3.8, 4) is 11.1 Å². The van der Waals surface area contributed by atoms with Gasteiger partial charge in [-0.05, 0) is 30.3 Å². The Morgan fingerprint density at radius 2 is 1.81 bits per heavy atom. The number of hydrogen-bond acceptors (Lipinski definition) is 3. The van der Waals surface area contributed by atoms with Gasteiger partial charge in [-0.2, -0.15) is 0 Å². The number of piperazine rings is 1. The zero-order chi connectivity index (χ0) is 19.1.